The van der Waals surface area contributed by atoms with Crippen molar-refractivity contribution in [1.29, 1.82) is 0 Å². The van der Waals surface area contributed by atoms with Crippen molar-refractivity contribution in [3.8, 4) is 0 Å². The first kappa shape index (κ1) is 20.7. The summed E-state index contributed by atoms with van der Waals surface area (Å²) >= 11 is 0. The van der Waals surface area contributed by atoms with Gasteiger partial charge in [0.1, 0.15) is 0 Å². The van der Waals surface area contributed by atoms with Crippen molar-refractivity contribution in [3.63, 3.8) is 0 Å². The van der Waals surface area contributed by atoms with Crippen LogP contribution in [0.2, 0.25) is 0 Å². The van der Waals surface area contributed by atoms with Crippen LogP contribution in [-0.4, -0.2) is 24.9 Å². The molecule has 4 heteroatoms. The summed E-state index contributed by atoms with van der Waals surface area (Å²) in [6.45, 7) is 4.93. The van der Waals surface area contributed by atoms with Gasteiger partial charge in [0.05, 0.1) is 0 Å². The SMILES string of the molecule is CC(=O)NCCCCCC(=O)NCC(C)(c1ccccc1)c1ccccc1. The minimum atomic E-state index is -0.274. The molecule has 2 rings (SSSR count). The molecule has 0 saturated heterocycles. The van der Waals surface area contributed by atoms with E-state index in [2.05, 4.69) is 41.8 Å². The van der Waals surface area contributed by atoms with E-state index in [0.717, 1.165) is 19.3 Å². The summed E-state index contributed by atoms with van der Waals surface area (Å²) < 4.78 is 0. The molecule has 2 amide bonds. The van der Waals surface area contributed by atoms with E-state index in [0.29, 0.717) is 19.5 Å². The van der Waals surface area contributed by atoms with Gasteiger partial charge < -0.3 is 10.6 Å². The summed E-state index contributed by atoms with van der Waals surface area (Å²) in [4.78, 5) is 23.1. The molecule has 2 aromatic carbocycles. The average Bonchev–Trinajstić information content (AvgIpc) is 2.70. The molecular formula is C23H30N2O2. The van der Waals surface area contributed by atoms with Gasteiger partial charge in [0.25, 0.3) is 0 Å². The molecule has 0 unspecified atom stereocenters. The monoisotopic (exact) mass is 366 g/mol. The summed E-state index contributed by atoms with van der Waals surface area (Å²) in [6, 6.07) is 20.6. The molecular weight excluding hydrogens is 336 g/mol. The van der Waals surface area contributed by atoms with Gasteiger partial charge in [0.2, 0.25) is 11.8 Å². The smallest absolute Gasteiger partial charge is 0.220 e. The maximum Gasteiger partial charge on any atom is 0.220 e. The Morgan fingerprint density at radius 2 is 1.37 bits per heavy atom. The summed E-state index contributed by atoms with van der Waals surface area (Å²) in [5, 5.41) is 5.90. The van der Waals surface area contributed by atoms with E-state index < -0.39 is 0 Å². The highest BCUT2D eigenvalue weighted by Crippen LogP contribution is 2.31. The Morgan fingerprint density at radius 3 is 1.89 bits per heavy atom. The number of nitrogens with one attached hydrogen (secondary N) is 2. The van der Waals surface area contributed by atoms with Crippen LogP contribution in [0.5, 0.6) is 0 Å². The van der Waals surface area contributed by atoms with Gasteiger partial charge in [-0.1, -0.05) is 67.1 Å². The lowest BCUT2D eigenvalue weighted by atomic mass is 9.76. The fourth-order valence-electron chi connectivity index (χ4n) is 3.20. The molecule has 0 aliphatic rings. The fourth-order valence-corrected chi connectivity index (χ4v) is 3.20. The van der Waals surface area contributed by atoms with E-state index in [-0.39, 0.29) is 17.2 Å². The van der Waals surface area contributed by atoms with Crippen LogP contribution >= 0.6 is 0 Å². The maximum atomic E-state index is 12.3. The molecule has 0 aliphatic heterocycles. The number of carbonyl (C=O) groups is 2. The Bertz CT molecular complexity index is 674. The number of amides is 2. The molecule has 0 aromatic heterocycles. The van der Waals surface area contributed by atoms with Crippen molar-refractivity contribution in [3.05, 3.63) is 71.8 Å². The number of benzene rings is 2. The van der Waals surface area contributed by atoms with E-state index >= 15 is 0 Å². The molecule has 0 saturated carbocycles. The van der Waals surface area contributed by atoms with Crippen molar-refractivity contribution in [1.82, 2.24) is 10.6 Å². The van der Waals surface area contributed by atoms with Crippen LogP contribution in [0.25, 0.3) is 0 Å². The summed E-state index contributed by atoms with van der Waals surface area (Å²) in [6.07, 6.45) is 3.18. The number of rotatable bonds is 10. The first-order chi connectivity index (χ1) is 13.0. The maximum absolute atomic E-state index is 12.3. The highest BCUT2D eigenvalue weighted by atomic mass is 16.2. The normalized spacial score (nSPS) is 11.0. The van der Waals surface area contributed by atoms with Gasteiger partial charge in [-0.05, 0) is 30.9 Å². The van der Waals surface area contributed by atoms with Crippen LogP contribution in [0.3, 0.4) is 0 Å². The molecule has 144 valence electrons. The predicted molar refractivity (Wildman–Crippen MR) is 109 cm³/mol. The highest BCUT2D eigenvalue weighted by Gasteiger charge is 2.29. The van der Waals surface area contributed by atoms with Crippen LogP contribution in [0.15, 0.2) is 60.7 Å². The van der Waals surface area contributed by atoms with Gasteiger partial charge in [0, 0.05) is 31.8 Å². The van der Waals surface area contributed by atoms with Crippen LogP contribution < -0.4 is 10.6 Å². The summed E-state index contributed by atoms with van der Waals surface area (Å²) in [7, 11) is 0. The second-order valence-corrected chi connectivity index (χ2v) is 7.13. The second-order valence-electron chi connectivity index (χ2n) is 7.13. The van der Waals surface area contributed by atoms with Crippen LogP contribution in [0.4, 0.5) is 0 Å². The third-order valence-corrected chi connectivity index (χ3v) is 4.92. The van der Waals surface area contributed by atoms with Gasteiger partial charge >= 0.3 is 0 Å². The molecule has 2 N–H and O–H groups in total. The minimum absolute atomic E-state index is 0.00569. The number of hydrogen-bond acceptors (Lipinski definition) is 2. The topological polar surface area (TPSA) is 58.2 Å². The summed E-state index contributed by atoms with van der Waals surface area (Å²) in [5.41, 5.74) is 2.10. The Morgan fingerprint density at radius 1 is 0.815 bits per heavy atom. The van der Waals surface area contributed by atoms with Crippen molar-refractivity contribution in [2.75, 3.05) is 13.1 Å². The number of carbonyl (C=O) groups excluding carboxylic acids is 2. The Kier molecular flexibility index (Phi) is 8.05. The van der Waals surface area contributed by atoms with Gasteiger partial charge in [0.15, 0.2) is 0 Å². The van der Waals surface area contributed by atoms with E-state index in [1.54, 1.807) is 0 Å². The zero-order valence-corrected chi connectivity index (χ0v) is 16.3. The second kappa shape index (κ2) is 10.5. The third kappa shape index (κ3) is 6.55. The lowest BCUT2D eigenvalue weighted by Gasteiger charge is -2.31. The van der Waals surface area contributed by atoms with Crippen molar-refractivity contribution >= 4 is 11.8 Å². The molecule has 2 aromatic rings. The molecule has 0 aliphatic carbocycles. The Labute approximate surface area is 162 Å². The molecule has 0 fully saturated rings. The number of hydrogen-bond donors (Lipinski definition) is 2. The lowest BCUT2D eigenvalue weighted by molar-refractivity contribution is -0.121. The first-order valence-electron chi connectivity index (χ1n) is 9.64. The van der Waals surface area contributed by atoms with E-state index in [4.69, 9.17) is 0 Å². The van der Waals surface area contributed by atoms with Crippen molar-refractivity contribution in [2.45, 2.75) is 44.9 Å². The zero-order valence-electron chi connectivity index (χ0n) is 16.3. The van der Waals surface area contributed by atoms with Crippen LogP contribution in [0, 0.1) is 0 Å². The number of unbranched alkanes of at least 4 members (excludes halogenated alkanes) is 2. The Balaban J connectivity index is 1.89. The van der Waals surface area contributed by atoms with E-state index in [1.807, 2.05) is 36.4 Å². The molecule has 0 radical (unpaired) electrons. The third-order valence-electron chi connectivity index (χ3n) is 4.92. The standard InChI is InChI=1S/C23H30N2O2/c1-19(26)24-17-11-5-10-16-22(27)25-18-23(2,20-12-6-3-7-13-20)21-14-8-4-9-15-21/h3-4,6-9,12-15H,5,10-11,16-18H2,1-2H3,(H,24,26)(H,25,27). The molecule has 27 heavy (non-hydrogen) atoms. The van der Waals surface area contributed by atoms with Crippen LogP contribution in [-0.2, 0) is 15.0 Å². The van der Waals surface area contributed by atoms with Gasteiger partial charge in [-0.15, -0.1) is 0 Å². The van der Waals surface area contributed by atoms with Gasteiger partial charge in [-0.2, -0.15) is 0 Å². The largest absolute Gasteiger partial charge is 0.356 e. The van der Waals surface area contributed by atoms with E-state index in [1.165, 1.54) is 18.1 Å². The first-order valence-corrected chi connectivity index (χ1v) is 9.64. The van der Waals surface area contributed by atoms with Crippen molar-refractivity contribution in [2.24, 2.45) is 0 Å². The zero-order chi connectivity index (χ0) is 19.5. The van der Waals surface area contributed by atoms with Gasteiger partial charge in [-0.25, -0.2) is 0 Å². The predicted octanol–water partition coefficient (Wildman–Crippen LogP) is 3.81. The van der Waals surface area contributed by atoms with Gasteiger partial charge in [-0.3, -0.25) is 9.59 Å². The average molecular weight is 367 g/mol. The molecule has 0 heterocycles. The quantitative estimate of drug-likeness (QED) is 0.628. The van der Waals surface area contributed by atoms with E-state index in [9.17, 15) is 9.59 Å². The lowest BCUT2D eigenvalue weighted by Crippen LogP contribution is -2.39. The summed E-state index contributed by atoms with van der Waals surface area (Å²) in [5.74, 6) is 0.0708. The highest BCUT2D eigenvalue weighted by molar-refractivity contribution is 5.76. The molecule has 4 nitrogen and oxygen atoms in total. The van der Waals surface area contributed by atoms with Crippen LogP contribution in [0.1, 0.15) is 50.7 Å². The molecule has 0 spiro atoms. The molecule has 0 bridgehead atoms. The fraction of sp³-hybridized carbons (Fsp3) is 0.391. The minimum Gasteiger partial charge on any atom is -0.356 e. The van der Waals surface area contributed by atoms with Crippen molar-refractivity contribution < 1.29 is 9.59 Å². The molecule has 0 atom stereocenters. The Hall–Kier alpha value is -2.62.